The maximum atomic E-state index is 12.0. The minimum Gasteiger partial charge on any atom is -0.457 e. The molecule has 0 N–H and O–H groups in total. The van der Waals surface area contributed by atoms with E-state index in [9.17, 15) is 4.79 Å². The normalized spacial score (nSPS) is 10.5. The fraction of sp³-hybridized carbons (Fsp3) is 0.176. The molecule has 0 radical (unpaired) electrons. The standard InChI is InChI=1S/C17H15NO3/c1-17(2,12-18)21-16(19)13-7-6-10-15(11-13)20-14-8-4-3-5-9-14/h3-11H,1-2H3. The van der Waals surface area contributed by atoms with Crippen LogP contribution in [-0.4, -0.2) is 11.6 Å². The highest BCUT2D eigenvalue weighted by atomic mass is 16.6. The van der Waals surface area contributed by atoms with Crippen LogP contribution in [0.3, 0.4) is 0 Å². The monoisotopic (exact) mass is 281 g/mol. The largest absolute Gasteiger partial charge is 0.457 e. The lowest BCUT2D eigenvalue weighted by Gasteiger charge is -2.16. The lowest BCUT2D eigenvalue weighted by molar-refractivity contribution is 0.0197. The van der Waals surface area contributed by atoms with Crippen molar-refractivity contribution in [2.75, 3.05) is 0 Å². The second-order valence-electron chi connectivity index (χ2n) is 4.95. The number of benzene rings is 2. The Hall–Kier alpha value is -2.80. The maximum Gasteiger partial charge on any atom is 0.339 e. The number of rotatable bonds is 4. The second kappa shape index (κ2) is 6.10. The Bertz CT molecular complexity index is 672. The number of nitriles is 1. The van der Waals surface area contributed by atoms with Crippen molar-refractivity contribution < 1.29 is 14.3 Å². The first-order chi connectivity index (χ1) is 10.00. The van der Waals surface area contributed by atoms with Gasteiger partial charge in [0.1, 0.15) is 17.6 Å². The topological polar surface area (TPSA) is 59.3 Å². The number of ether oxygens (including phenoxy) is 2. The summed E-state index contributed by atoms with van der Waals surface area (Å²) in [5, 5.41) is 8.89. The van der Waals surface area contributed by atoms with Gasteiger partial charge >= 0.3 is 5.97 Å². The van der Waals surface area contributed by atoms with E-state index in [-0.39, 0.29) is 0 Å². The molecule has 0 saturated carbocycles. The van der Waals surface area contributed by atoms with Crippen LogP contribution in [0.15, 0.2) is 54.6 Å². The van der Waals surface area contributed by atoms with Crippen LogP contribution in [0.4, 0.5) is 0 Å². The Balaban J connectivity index is 2.15. The molecule has 0 aliphatic heterocycles. The Morgan fingerprint density at radius 2 is 1.71 bits per heavy atom. The van der Waals surface area contributed by atoms with E-state index < -0.39 is 11.6 Å². The van der Waals surface area contributed by atoms with Crippen LogP contribution >= 0.6 is 0 Å². The summed E-state index contributed by atoms with van der Waals surface area (Å²) in [4.78, 5) is 12.0. The van der Waals surface area contributed by atoms with Gasteiger partial charge in [0.2, 0.25) is 0 Å². The van der Waals surface area contributed by atoms with Gasteiger partial charge in [-0.3, -0.25) is 0 Å². The van der Waals surface area contributed by atoms with Gasteiger partial charge in [-0.05, 0) is 44.2 Å². The van der Waals surface area contributed by atoms with Crippen LogP contribution in [0.25, 0.3) is 0 Å². The molecule has 0 aliphatic rings. The van der Waals surface area contributed by atoms with Gasteiger partial charge in [-0.25, -0.2) is 4.79 Å². The summed E-state index contributed by atoms with van der Waals surface area (Å²) in [6.45, 7) is 3.07. The second-order valence-corrected chi connectivity index (χ2v) is 4.95. The van der Waals surface area contributed by atoms with E-state index in [1.54, 1.807) is 24.3 Å². The van der Waals surface area contributed by atoms with Gasteiger partial charge in [-0.15, -0.1) is 0 Å². The lowest BCUT2D eigenvalue weighted by Crippen LogP contribution is -2.25. The summed E-state index contributed by atoms with van der Waals surface area (Å²) in [5.41, 5.74) is -0.820. The number of hydrogen-bond acceptors (Lipinski definition) is 4. The third-order valence-electron chi connectivity index (χ3n) is 2.67. The smallest absolute Gasteiger partial charge is 0.339 e. The first kappa shape index (κ1) is 14.6. The number of hydrogen-bond donors (Lipinski definition) is 0. The fourth-order valence-electron chi connectivity index (χ4n) is 1.62. The molecule has 0 saturated heterocycles. The molecule has 0 unspecified atom stereocenters. The fourth-order valence-corrected chi connectivity index (χ4v) is 1.62. The zero-order valence-electron chi connectivity index (χ0n) is 11.9. The van der Waals surface area contributed by atoms with Gasteiger partial charge in [0.25, 0.3) is 0 Å². The number of nitrogens with zero attached hydrogens (tertiary/aromatic N) is 1. The summed E-state index contributed by atoms with van der Waals surface area (Å²) in [6, 6.07) is 17.8. The Morgan fingerprint density at radius 1 is 1.05 bits per heavy atom. The van der Waals surface area contributed by atoms with E-state index in [1.807, 2.05) is 36.4 Å². The molecule has 0 bridgehead atoms. The molecule has 0 aromatic heterocycles. The minimum absolute atomic E-state index is 0.340. The molecule has 2 rings (SSSR count). The zero-order valence-corrected chi connectivity index (χ0v) is 11.9. The van der Waals surface area contributed by atoms with Crippen LogP contribution < -0.4 is 4.74 Å². The Morgan fingerprint density at radius 3 is 2.38 bits per heavy atom. The Labute approximate surface area is 123 Å². The molecule has 0 atom stereocenters. The van der Waals surface area contributed by atoms with Crippen LogP contribution in [0.2, 0.25) is 0 Å². The summed E-state index contributed by atoms with van der Waals surface area (Å²) in [7, 11) is 0. The summed E-state index contributed by atoms with van der Waals surface area (Å²) < 4.78 is 10.8. The van der Waals surface area contributed by atoms with Crippen LogP contribution in [-0.2, 0) is 4.74 Å². The third-order valence-corrected chi connectivity index (χ3v) is 2.67. The van der Waals surface area contributed by atoms with Gasteiger partial charge in [0.15, 0.2) is 5.60 Å². The van der Waals surface area contributed by atoms with Crippen LogP contribution in [0.5, 0.6) is 11.5 Å². The van der Waals surface area contributed by atoms with Gasteiger partial charge in [-0.2, -0.15) is 5.26 Å². The van der Waals surface area contributed by atoms with Crippen molar-refractivity contribution in [2.24, 2.45) is 0 Å². The van der Waals surface area contributed by atoms with Crippen molar-refractivity contribution >= 4 is 5.97 Å². The highest BCUT2D eigenvalue weighted by Gasteiger charge is 2.23. The first-order valence-corrected chi connectivity index (χ1v) is 6.48. The van der Waals surface area contributed by atoms with Crippen molar-refractivity contribution in [3.05, 3.63) is 60.2 Å². The highest BCUT2D eigenvalue weighted by Crippen LogP contribution is 2.22. The van der Waals surface area contributed by atoms with E-state index in [4.69, 9.17) is 14.7 Å². The number of carbonyl (C=O) groups excluding carboxylic acids is 1. The molecule has 21 heavy (non-hydrogen) atoms. The molecule has 0 heterocycles. The number of esters is 1. The van der Waals surface area contributed by atoms with E-state index in [1.165, 1.54) is 13.8 Å². The molecule has 0 fully saturated rings. The van der Waals surface area contributed by atoms with E-state index in [0.29, 0.717) is 17.1 Å². The van der Waals surface area contributed by atoms with Gasteiger partial charge in [0.05, 0.1) is 5.56 Å². The van der Waals surface area contributed by atoms with Crippen LogP contribution in [0, 0.1) is 11.3 Å². The molecule has 0 spiro atoms. The van der Waals surface area contributed by atoms with Crippen molar-refractivity contribution in [1.29, 1.82) is 5.26 Å². The predicted octanol–water partition coefficient (Wildman–Crippen LogP) is 3.94. The van der Waals surface area contributed by atoms with Crippen molar-refractivity contribution in [1.82, 2.24) is 0 Å². The molecular formula is C17H15NO3. The number of para-hydroxylation sites is 1. The average Bonchev–Trinajstić information content (AvgIpc) is 2.48. The molecule has 0 aliphatic carbocycles. The molecule has 0 amide bonds. The average molecular weight is 281 g/mol. The molecule has 2 aromatic rings. The summed E-state index contributed by atoms with van der Waals surface area (Å²) >= 11 is 0. The molecule has 106 valence electrons. The first-order valence-electron chi connectivity index (χ1n) is 6.48. The lowest BCUT2D eigenvalue weighted by atomic mass is 10.1. The van der Waals surface area contributed by atoms with Crippen molar-refractivity contribution in [3.8, 4) is 17.6 Å². The SMILES string of the molecule is CC(C)(C#N)OC(=O)c1cccc(Oc2ccccc2)c1. The number of carbonyl (C=O) groups is 1. The van der Waals surface area contributed by atoms with E-state index in [0.717, 1.165) is 0 Å². The zero-order chi connectivity index (χ0) is 15.3. The van der Waals surface area contributed by atoms with Gasteiger partial charge < -0.3 is 9.47 Å². The van der Waals surface area contributed by atoms with Gasteiger partial charge in [-0.1, -0.05) is 24.3 Å². The Kier molecular flexibility index (Phi) is 4.24. The molecule has 2 aromatic carbocycles. The van der Waals surface area contributed by atoms with Crippen molar-refractivity contribution in [2.45, 2.75) is 19.4 Å². The molecular weight excluding hydrogens is 266 g/mol. The quantitative estimate of drug-likeness (QED) is 0.796. The minimum atomic E-state index is -1.16. The van der Waals surface area contributed by atoms with E-state index in [2.05, 4.69) is 0 Å². The summed E-state index contributed by atoms with van der Waals surface area (Å²) in [5.74, 6) is 0.658. The molecule has 4 nitrogen and oxygen atoms in total. The van der Waals surface area contributed by atoms with Crippen molar-refractivity contribution in [3.63, 3.8) is 0 Å². The molecule has 4 heteroatoms. The third kappa shape index (κ3) is 4.08. The maximum absolute atomic E-state index is 12.0. The van der Waals surface area contributed by atoms with Gasteiger partial charge in [0, 0.05) is 0 Å². The highest BCUT2D eigenvalue weighted by molar-refractivity contribution is 5.90. The van der Waals surface area contributed by atoms with E-state index >= 15 is 0 Å². The summed E-state index contributed by atoms with van der Waals surface area (Å²) in [6.07, 6.45) is 0. The predicted molar refractivity (Wildman–Crippen MR) is 78.1 cm³/mol. The van der Waals surface area contributed by atoms with Crippen LogP contribution in [0.1, 0.15) is 24.2 Å².